The molecule has 1 N–H and O–H groups in total. The van der Waals surface area contributed by atoms with Crippen molar-refractivity contribution in [3.63, 3.8) is 0 Å². The van der Waals surface area contributed by atoms with Crippen molar-refractivity contribution in [2.75, 3.05) is 32.6 Å². The smallest absolute Gasteiger partial charge is 0.341 e. The molecule has 1 amide bonds. The molecule has 172 valence electrons. The Bertz CT molecular complexity index is 1120. The first-order valence-electron chi connectivity index (χ1n) is 10.5. The van der Waals surface area contributed by atoms with Crippen LogP contribution in [-0.4, -0.2) is 51.9 Å². The summed E-state index contributed by atoms with van der Waals surface area (Å²) in [7, 11) is -0.763. The Labute approximate surface area is 191 Å². The number of sulfonamides is 1. The number of hydrogen-bond donors (Lipinski definition) is 1. The molecule has 1 saturated heterocycles. The predicted octanol–water partition coefficient (Wildman–Crippen LogP) is 3.07. The molecule has 1 fully saturated rings. The van der Waals surface area contributed by atoms with Gasteiger partial charge in [-0.25, -0.2) is 13.2 Å². The first-order chi connectivity index (χ1) is 15.3. The number of anilines is 1. The number of hydrogen-bond acceptors (Lipinski definition) is 7. The molecule has 1 aliphatic carbocycles. The third-order valence-corrected chi connectivity index (χ3v) is 9.19. The number of fused-ring (bicyclic) bond motifs is 1. The second-order valence-electron chi connectivity index (χ2n) is 7.90. The van der Waals surface area contributed by atoms with E-state index in [1.165, 1.54) is 42.0 Å². The molecule has 1 aromatic carbocycles. The molecule has 2 aromatic rings. The minimum Gasteiger partial charge on any atom is -0.497 e. The van der Waals surface area contributed by atoms with Crippen LogP contribution in [-0.2, 0) is 32.4 Å². The number of methoxy groups -OCH3 is 2. The largest absolute Gasteiger partial charge is 0.497 e. The Morgan fingerprint density at radius 3 is 2.41 bits per heavy atom. The van der Waals surface area contributed by atoms with E-state index in [0.29, 0.717) is 29.2 Å². The number of aryl methyl sites for hydroxylation is 1. The Morgan fingerprint density at radius 1 is 1.09 bits per heavy atom. The predicted molar refractivity (Wildman–Crippen MR) is 121 cm³/mol. The van der Waals surface area contributed by atoms with Gasteiger partial charge in [-0.2, -0.15) is 4.31 Å². The fraction of sp³-hybridized carbons (Fsp3) is 0.455. The molecule has 2 aliphatic rings. The number of carbonyl (C=O) groups is 2. The minimum absolute atomic E-state index is 0.184. The lowest BCUT2D eigenvalue weighted by molar-refractivity contribution is -0.120. The van der Waals surface area contributed by atoms with E-state index in [9.17, 15) is 18.0 Å². The maximum absolute atomic E-state index is 12.9. The topological polar surface area (TPSA) is 102 Å². The highest BCUT2D eigenvalue weighted by atomic mass is 32.2. The van der Waals surface area contributed by atoms with Crippen molar-refractivity contribution in [2.24, 2.45) is 5.92 Å². The SMILES string of the molecule is COC(=O)c1c(NC(=O)C2CCN(S(=O)(=O)c3ccc(OC)cc3)CC2)sc2c1CCC2. The van der Waals surface area contributed by atoms with Crippen LogP contribution < -0.4 is 10.1 Å². The summed E-state index contributed by atoms with van der Waals surface area (Å²) in [5.74, 6) is -0.346. The Balaban J connectivity index is 1.41. The molecular weight excluding hydrogens is 452 g/mol. The average Bonchev–Trinajstić information content (AvgIpc) is 3.39. The van der Waals surface area contributed by atoms with Gasteiger partial charge in [0.2, 0.25) is 15.9 Å². The lowest BCUT2D eigenvalue weighted by Gasteiger charge is -2.30. The lowest BCUT2D eigenvalue weighted by Crippen LogP contribution is -2.41. The van der Waals surface area contributed by atoms with Crippen LogP contribution in [0.3, 0.4) is 0 Å². The van der Waals surface area contributed by atoms with Gasteiger partial charge in [0.15, 0.2) is 0 Å². The standard InChI is InChI=1S/C22H26N2O6S2/c1-29-15-6-8-16(9-7-15)32(27,28)24-12-10-14(11-13-24)20(25)23-21-19(22(26)30-2)17-4-3-5-18(17)31-21/h6-9,14H,3-5,10-13H2,1-2H3,(H,23,25). The Kier molecular flexibility index (Phi) is 6.55. The van der Waals surface area contributed by atoms with Crippen LogP contribution in [0.25, 0.3) is 0 Å². The van der Waals surface area contributed by atoms with Crippen molar-refractivity contribution < 1.29 is 27.5 Å². The number of nitrogens with zero attached hydrogens (tertiary/aromatic N) is 1. The highest BCUT2D eigenvalue weighted by Crippen LogP contribution is 2.40. The average molecular weight is 479 g/mol. The van der Waals surface area contributed by atoms with Crippen molar-refractivity contribution in [3.05, 3.63) is 40.3 Å². The molecule has 8 nitrogen and oxygen atoms in total. The van der Waals surface area contributed by atoms with Gasteiger partial charge in [-0.05, 0) is 61.9 Å². The monoisotopic (exact) mass is 478 g/mol. The maximum Gasteiger partial charge on any atom is 0.341 e. The second-order valence-corrected chi connectivity index (χ2v) is 10.9. The van der Waals surface area contributed by atoms with Gasteiger partial charge in [0.1, 0.15) is 10.8 Å². The van der Waals surface area contributed by atoms with Gasteiger partial charge in [-0.1, -0.05) is 0 Å². The van der Waals surface area contributed by atoms with Crippen molar-refractivity contribution in [1.29, 1.82) is 0 Å². The number of nitrogens with one attached hydrogen (secondary N) is 1. The van der Waals surface area contributed by atoms with Gasteiger partial charge in [0.25, 0.3) is 0 Å². The number of carbonyl (C=O) groups excluding carboxylic acids is 2. The van der Waals surface area contributed by atoms with Crippen molar-refractivity contribution in [3.8, 4) is 5.75 Å². The molecule has 0 atom stereocenters. The lowest BCUT2D eigenvalue weighted by atomic mass is 9.97. The molecule has 0 radical (unpaired) electrons. The molecule has 1 aromatic heterocycles. The van der Waals surface area contributed by atoms with Crippen LogP contribution >= 0.6 is 11.3 Å². The number of thiophene rings is 1. The van der Waals surface area contributed by atoms with Crippen LogP contribution in [0.15, 0.2) is 29.2 Å². The molecule has 2 heterocycles. The number of amides is 1. The van der Waals surface area contributed by atoms with E-state index >= 15 is 0 Å². The summed E-state index contributed by atoms with van der Waals surface area (Å²) in [4.78, 5) is 26.5. The number of esters is 1. The number of rotatable bonds is 6. The summed E-state index contributed by atoms with van der Waals surface area (Å²) in [6, 6.07) is 6.28. The summed E-state index contributed by atoms with van der Waals surface area (Å²) in [6.07, 6.45) is 3.55. The van der Waals surface area contributed by atoms with Gasteiger partial charge in [0.05, 0.1) is 24.7 Å². The first kappa shape index (κ1) is 22.8. The molecule has 0 saturated carbocycles. The number of benzene rings is 1. The third-order valence-electron chi connectivity index (χ3n) is 6.07. The van der Waals surface area contributed by atoms with Gasteiger partial charge in [-0.15, -0.1) is 11.3 Å². The minimum atomic E-state index is -3.63. The van der Waals surface area contributed by atoms with Gasteiger partial charge >= 0.3 is 5.97 Å². The maximum atomic E-state index is 12.9. The van der Waals surface area contributed by atoms with Crippen LogP contribution in [0.2, 0.25) is 0 Å². The summed E-state index contributed by atoms with van der Waals surface area (Å²) < 4.78 is 37.3. The van der Waals surface area contributed by atoms with Gasteiger partial charge in [-0.3, -0.25) is 4.79 Å². The van der Waals surface area contributed by atoms with Crippen molar-refractivity contribution >= 4 is 38.2 Å². The summed E-state index contributed by atoms with van der Waals surface area (Å²) >= 11 is 1.44. The van der Waals surface area contributed by atoms with E-state index in [4.69, 9.17) is 9.47 Å². The van der Waals surface area contributed by atoms with Crippen LogP contribution in [0, 0.1) is 5.92 Å². The normalized spacial score (nSPS) is 17.1. The first-order valence-corrected chi connectivity index (χ1v) is 12.8. The molecule has 10 heteroatoms. The summed E-state index contributed by atoms with van der Waals surface area (Å²) in [5.41, 5.74) is 1.45. The fourth-order valence-corrected chi connectivity index (χ4v) is 7.03. The molecule has 32 heavy (non-hydrogen) atoms. The van der Waals surface area contributed by atoms with Crippen LogP contribution in [0.5, 0.6) is 5.75 Å². The van der Waals surface area contributed by atoms with Crippen LogP contribution in [0.1, 0.15) is 40.1 Å². The fourth-order valence-electron chi connectivity index (χ4n) is 4.28. The quantitative estimate of drug-likeness (QED) is 0.641. The summed E-state index contributed by atoms with van der Waals surface area (Å²) in [5, 5.41) is 3.46. The molecule has 0 bridgehead atoms. The van der Waals surface area contributed by atoms with Gasteiger partial charge < -0.3 is 14.8 Å². The molecule has 4 rings (SSSR count). The molecule has 1 aliphatic heterocycles. The second kappa shape index (κ2) is 9.21. The Morgan fingerprint density at radius 2 is 1.78 bits per heavy atom. The zero-order chi connectivity index (χ0) is 22.9. The summed E-state index contributed by atoms with van der Waals surface area (Å²) in [6.45, 7) is 0.522. The van der Waals surface area contributed by atoms with E-state index in [1.54, 1.807) is 12.1 Å². The van der Waals surface area contributed by atoms with Crippen molar-refractivity contribution in [1.82, 2.24) is 4.31 Å². The zero-order valence-electron chi connectivity index (χ0n) is 18.0. The zero-order valence-corrected chi connectivity index (χ0v) is 19.7. The Hall–Kier alpha value is -2.43. The number of ether oxygens (including phenoxy) is 2. The molecular formula is C22H26N2O6S2. The van der Waals surface area contributed by atoms with Crippen LogP contribution in [0.4, 0.5) is 5.00 Å². The number of piperidine rings is 1. The van der Waals surface area contributed by atoms with Crippen molar-refractivity contribution in [2.45, 2.75) is 37.0 Å². The van der Waals surface area contributed by atoms with E-state index < -0.39 is 16.0 Å². The van der Waals surface area contributed by atoms with E-state index in [1.807, 2.05) is 0 Å². The van der Waals surface area contributed by atoms with Gasteiger partial charge in [0, 0.05) is 23.9 Å². The van der Waals surface area contributed by atoms with E-state index in [-0.39, 0.29) is 29.8 Å². The molecule has 0 spiro atoms. The van der Waals surface area contributed by atoms with E-state index in [0.717, 1.165) is 29.7 Å². The molecule has 0 unspecified atom stereocenters. The third kappa shape index (κ3) is 4.26. The highest BCUT2D eigenvalue weighted by molar-refractivity contribution is 7.89. The van der Waals surface area contributed by atoms with E-state index in [2.05, 4.69) is 5.32 Å². The highest BCUT2D eigenvalue weighted by Gasteiger charge is 2.34.